The molecule has 4 rings (SSSR count). The predicted octanol–water partition coefficient (Wildman–Crippen LogP) is 5.35. The predicted molar refractivity (Wildman–Crippen MR) is 129 cm³/mol. The number of aryl methyl sites for hydroxylation is 2. The lowest BCUT2D eigenvalue weighted by atomic mass is 10.2. The molecule has 1 aromatic heterocycles. The number of aromatic amines is 1. The molecule has 176 valence electrons. The van der Waals surface area contributed by atoms with Crippen LogP contribution in [0.15, 0.2) is 64.4 Å². The maximum Gasteiger partial charge on any atom is 0.269 e. The number of hydrogen-bond acceptors (Lipinski definition) is 4. The Morgan fingerprint density at radius 2 is 1.79 bits per heavy atom. The quantitative estimate of drug-likeness (QED) is 0.373. The monoisotopic (exact) mass is 500 g/mol. The maximum absolute atomic E-state index is 14.3. The van der Waals surface area contributed by atoms with Gasteiger partial charge in [-0.2, -0.15) is 0 Å². The van der Waals surface area contributed by atoms with Gasteiger partial charge in [0.25, 0.3) is 5.91 Å². The lowest BCUT2D eigenvalue weighted by Crippen LogP contribution is -2.25. The molecule has 0 spiro atoms. The molecule has 1 heterocycles. The number of H-pyrrole nitrogens is 1. The van der Waals surface area contributed by atoms with Crippen LogP contribution in [0.2, 0.25) is 5.02 Å². The minimum atomic E-state index is -4.11. The number of carbonyl (C=O) groups excluding carboxylic acids is 1. The molecule has 0 unspecified atom stereocenters. The number of rotatable bonds is 6. The summed E-state index contributed by atoms with van der Waals surface area (Å²) < 4.78 is 47.0. The second-order valence-corrected chi connectivity index (χ2v) is 10.3. The summed E-state index contributed by atoms with van der Waals surface area (Å²) in [7, 11) is -2.71. The Morgan fingerprint density at radius 3 is 2.47 bits per heavy atom. The fraction of sp³-hybridized carbons (Fsp3) is 0.160. The first-order chi connectivity index (χ1) is 16.1. The van der Waals surface area contributed by atoms with E-state index in [9.17, 15) is 17.6 Å². The van der Waals surface area contributed by atoms with Crippen molar-refractivity contribution < 1.29 is 22.3 Å². The van der Waals surface area contributed by atoms with Gasteiger partial charge in [0, 0.05) is 28.0 Å². The highest BCUT2D eigenvalue weighted by Crippen LogP contribution is 2.34. The summed E-state index contributed by atoms with van der Waals surface area (Å²) in [4.78, 5) is 16.0. The van der Waals surface area contributed by atoms with Crippen molar-refractivity contribution in [2.24, 2.45) is 0 Å². The first-order valence-corrected chi connectivity index (χ1v) is 12.2. The fourth-order valence-corrected chi connectivity index (χ4v) is 5.90. The minimum Gasteiger partial charge on any atom is -0.496 e. The van der Waals surface area contributed by atoms with E-state index in [4.69, 9.17) is 16.3 Å². The van der Waals surface area contributed by atoms with Crippen molar-refractivity contribution in [3.63, 3.8) is 0 Å². The highest BCUT2D eigenvalue weighted by atomic mass is 35.5. The van der Waals surface area contributed by atoms with E-state index in [0.717, 1.165) is 11.1 Å². The van der Waals surface area contributed by atoms with Crippen LogP contribution in [0.5, 0.6) is 5.75 Å². The lowest BCUT2D eigenvalue weighted by molar-refractivity contribution is 0.0943. The number of methoxy groups -OCH3 is 1. The molecule has 0 saturated heterocycles. The highest BCUT2D eigenvalue weighted by Gasteiger charge is 2.30. The Hall–Kier alpha value is -3.36. The number of fused-ring (bicyclic) bond motifs is 1. The zero-order valence-corrected chi connectivity index (χ0v) is 20.3. The number of aromatic nitrogens is 1. The summed E-state index contributed by atoms with van der Waals surface area (Å²) in [5.41, 5.74) is 1.96. The van der Waals surface area contributed by atoms with Crippen LogP contribution >= 0.6 is 11.6 Å². The van der Waals surface area contributed by atoms with Crippen LogP contribution in [-0.4, -0.2) is 26.4 Å². The maximum atomic E-state index is 14.3. The second-order valence-electron chi connectivity index (χ2n) is 7.95. The summed E-state index contributed by atoms with van der Waals surface area (Å²) in [6.45, 7) is 3.40. The van der Waals surface area contributed by atoms with E-state index in [1.54, 1.807) is 44.2 Å². The third-order valence-electron chi connectivity index (χ3n) is 5.44. The van der Waals surface area contributed by atoms with Gasteiger partial charge in [-0.15, -0.1) is 0 Å². The van der Waals surface area contributed by atoms with Crippen molar-refractivity contribution in [2.75, 3.05) is 7.11 Å². The van der Waals surface area contributed by atoms with E-state index in [2.05, 4.69) is 10.3 Å². The smallest absolute Gasteiger partial charge is 0.269 e. The molecule has 0 fully saturated rings. The Balaban J connectivity index is 1.83. The van der Waals surface area contributed by atoms with Crippen LogP contribution in [0, 0.1) is 19.7 Å². The van der Waals surface area contributed by atoms with E-state index in [-0.39, 0.29) is 33.3 Å². The Morgan fingerprint density at radius 1 is 1.09 bits per heavy atom. The average Bonchev–Trinajstić information content (AvgIpc) is 3.16. The van der Waals surface area contributed by atoms with Crippen LogP contribution in [0.3, 0.4) is 0 Å². The standard InChI is InChI=1S/C25H22ClFN2O4S/c1-14-9-15(2)11-17(10-14)34(31,32)24-18-12-16(26)7-8-21(18)29-23(24)25(30)28-13-19-20(27)5-4-6-22(19)33-3/h4-12,29H,13H2,1-3H3,(H,28,30). The van der Waals surface area contributed by atoms with Crippen LogP contribution in [0.1, 0.15) is 27.2 Å². The van der Waals surface area contributed by atoms with Crippen molar-refractivity contribution >= 4 is 38.2 Å². The van der Waals surface area contributed by atoms with Crippen molar-refractivity contribution in [3.05, 3.63) is 87.8 Å². The number of ether oxygens (including phenoxy) is 1. The van der Waals surface area contributed by atoms with Crippen molar-refractivity contribution in [1.82, 2.24) is 10.3 Å². The SMILES string of the molecule is COc1cccc(F)c1CNC(=O)c1[nH]c2ccc(Cl)cc2c1S(=O)(=O)c1cc(C)cc(C)c1. The average molecular weight is 501 g/mol. The van der Waals surface area contributed by atoms with Gasteiger partial charge in [0.2, 0.25) is 9.84 Å². The summed E-state index contributed by atoms with van der Waals surface area (Å²) in [5.74, 6) is -0.987. The molecule has 1 amide bonds. The van der Waals surface area contributed by atoms with Gasteiger partial charge in [-0.3, -0.25) is 4.79 Å². The molecule has 0 aliphatic rings. The number of carbonyl (C=O) groups is 1. The van der Waals surface area contributed by atoms with Gasteiger partial charge in [0.15, 0.2) is 0 Å². The third kappa shape index (κ3) is 4.38. The Kier molecular flexibility index (Phi) is 6.38. The largest absolute Gasteiger partial charge is 0.496 e. The van der Waals surface area contributed by atoms with E-state index < -0.39 is 21.6 Å². The molecular weight excluding hydrogens is 479 g/mol. The van der Waals surface area contributed by atoms with Crippen LogP contribution < -0.4 is 10.1 Å². The molecule has 3 aromatic carbocycles. The zero-order chi connectivity index (χ0) is 24.6. The van der Waals surface area contributed by atoms with Gasteiger partial charge in [-0.25, -0.2) is 12.8 Å². The third-order valence-corrected chi connectivity index (χ3v) is 7.49. The molecule has 9 heteroatoms. The van der Waals surface area contributed by atoms with Crippen LogP contribution in [0.25, 0.3) is 10.9 Å². The van der Waals surface area contributed by atoms with E-state index >= 15 is 0 Å². The lowest BCUT2D eigenvalue weighted by Gasteiger charge is -2.12. The van der Waals surface area contributed by atoms with Gasteiger partial charge in [0.05, 0.1) is 12.0 Å². The molecule has 34 heavy (non-hydrogen) atoms. The minimum absolute atomic E-state index is 0.0655. The molecular formula is C25H22ClFN2O4S. The zero-order valence-electron chi connectivity index (χ0n) is 18.7. The molecule has 6 nitrogen and oxygen atoms in total. The molecule has 4 aromatic rings. The van der Waals surface area contributed by atoms with E-state index in [1.807, 2.05) is 6.07 Å². The van der Waals surface area contributed by atoms with Gasteiger partial charge in [0.1, 0.15) is 22.2 Å². The Bertz CT molecular complexity index is 1510. The van der Waals surface area contributed by atoms with Crippen molar-refractivity contribution in [3.8, 4) is 5.75 Å². The summed E-state index contributed by atoms with van der Waals surface area (Å²) in [5, 5.41) is 3.22. The Labute approximate surface area is 201 Å². The van der Waals surface area contributed by atoms with Crippen LogP contribution in [-0.2, 0) is 16.4 Å². The number of sulfone groups is 1. The molecule has 0 aliphatic heterocycles. The fourth-order valence-electron chi connectivity index (χ4n) is 3.94. The summed E-state index contributed by atoms with van der Waals surface area (Å²) in [6, 6.07) is 14.0. The number of hydrogen-bond donors (Lipinski definition) is 2. The number of amides is 1. The number of halogens is 2. The van der Waals surface area contributed by atoms with Gasteiger partial charge in [-0.05, 0) is 67.4 Å². The van der Waals surface area contributed by atoms with E-state index in [1.165, 1.54) is 25.3 Å². The van der Waals surface area contributed by atoms with Crippen molar-refractivity contribution in [1.29, 1.82) is 0 Å². The second kappa shape index (κ2) is 9.12. The molecule has 0 bridgehead atoms. The van der Waals surface area contributed by atoms with Gasteiger partial charge >= 0.3 is 0 Å². The van der Waals surface area contributed by atoms with E-state index in [0.29, 0.717) is 15.9 Å². The van der Waals surface area contributed by atoms with Gasteiger partial charge in [-0.1, -0.05) is 23.7 Å². The molecule has 0 radical (unpaired) electrons. The summed E-state index contributed by atoms with van der Waals surface area (Å²) in [6.07, 6.45) is 0. The molecule has 0 atom stereocenters. The van der Waals surface area contributed by atoms with Crippen molar-refractivity contribution in [2.45, 2.75) is 30.2 Å². The normalized spacial score (nSPS) is 11.6. The summed E-state index contributed by atoms with van der Waals surface area (Å²) >= 11 is 6.15. The molecule has 0 aliphatic carbocycles. The molecule has 2 N–H and O–H groups in total. The highest BCUT2D eigenvalue weighted by molar-refractivity contribution is 7.91. The molecule has 0 saturated carbocycles. The number of benzene rings is 3. The number of nitrogens with one attached hydrogen (secondary N) is 2. The first kappa shape index (κ1) is 23.8. The van der Waals surface area contributed by atoms with Crippen LogP contribution in [0.4, 0.5) is 4.39 Å². The van der Waals surface area contributed by atoms with Gasteiger partial charge < -0.3 is 15.0 Å². The topological polar surface area (TPSA) is 88.3 Å². The first-order valence-electron chi connectivity index (χ1n) is 10.4.